The Balaban J connectivity index is 1.52. The van der Waals surface area contributed by atoms with Crippen LogP contribution in [-0.2, 0) is 27.8 Å². The Morgan fingerprint density at radius 2 is 2.33 bits per heavy atom. The Labute approximate surface area is 154 Å². The Morgan fingerprint density at radius 3 is 3.11 bits per heavy atom. The van der Waals surface area contributed by atoms with E-state index in [1.807, 2.05) is 0 Å². The Bertz CT molecular complexity index is 864. The zero-order chi connectivity index (χ0) is 19.2. The number of nitrogens with two attached hydrogens (primary N) is 1. The predicted molar refractivity (Wildman–Crippen MR) is 94.6 cm³/mol. The molecule has 12 heteroatoms. The van der Waals surface area contributed by atoms with E-state index >= 15 is 0 Å². The van der Waals surface area contributed by atoms with Gasteiger partial charge in [0.2, 0.25) is 0 Å². The molecule has 0 amide bonds. The number of anilines is 1. The number of rotatable bonds is 4. The van der Waals surface area contributed by atoms with Crippen LogP contribution in [0.25, 0.3) is 11.0 Å². The first-order chi connectivity index (χ1) is 12.9. The SMILES string of the molecule is CC(=O)OCO[PH]1(C)OC[C@H]2O[C@@H](n3ccc4c(N)ncnc43)C(O)[C@@H]2O1. The summed E-state index contributed by atoms with van der Waals surface area (Å²) in [4.78, 5) is 19.1. The van der Waals surface area contributed by atoms with Gasteiger partial charge in [-0.1, -0.05) is 0 Å². The molecule has 2 aromatic rings. The van der Waals surface area contributed by atoms with E-state index in [0.29, 0.717) is 16.9 Å². The van der Waals surface area contributed by atoms with Crippen molar-refractivity contribution in [1.29, 1.82) is 0 Å². The summed E-state index contributed by atoms with van der Waals surface area (Å²) < 4.78 is 29.5. The molecule has 0 spiro atoms. The monoisotopic (exact) mass is 400 g/mol. The second-order valence-corrected chi connectivity index (χ2v) is 8.97. The van der Waals surface area contributed by atoms with Crippen LogP contribution in [0.15, 0.2) is 18.6 Å². The van der Waals surface area contributed by atoms with Crippen molar-refractivity contribution in [2.75, 3.05) is 25.8 Å². The van der Waals surface area contributed by atoms with Crippen LogP contribution >= 0.6 is 7.94 Å². The van der Waals surface area contributed by atoms with Crippen LogP contribution in [-0.4, -0.2) is 64.0 Å². The van der Waals surface area contributed by atoms with Crippen LogP contribution < -0.4 is 5.73 Å². The fourth-order valence-electron chi connectivity index (χ4n) is 3.23. The number of aromatic nitrogens is 3. The van der Waals surface area contributed by atoms with Crippen molar-refractivity contribution in [3.05, 3.63) is 18.6 Å². The molecule has 2 aliphatic rings. The zero-order valence-corrected chi connectivity index (χ0v) is 15.8. The minimum absolute atomic E-state index is 0.192. The van der Waals surface area contributed by atoms with Gasteiger partial charge in [-0.2, -0.15) is 0 Å². The summed E-state index contributed by atoms with van der Waals surface area (Å²) in [6.07, 6.45) is 0.272. The van der Waals surface area contributed by atoms with Gasteiger partial charge in [-0.3, -0.25) is 0 Å². The molecule has 4 atom stereocenters. The number of nitrogen functional groups attached to an aromatic ring is 1. The molecule has 2 saturated heterocycles. The van der Waals surface area contributed by atoms with E-state index in [-0.39, 0.29) is 13.4 Å². The second kappa shape index (κ2) is 6.93. The first-order valence-electron chi connectivity index (χ1n) is 8.37. The Morgan fingerprint density at radius 1 is 1.52 bits per heavy atom. The van der Waals surface area contributed by atoms with E-state index in [1.165, 1.54) is 13.3 Å². The van der Waals surface area contributed by atoms with E-state index in [4.69, 9.17) is 28.8 Å². The van der Waals surface area contributed by atoms with Gasteiger partial charge in [0, 0.05) is 0 Å². The number of esters is 1. The van der Waals surface area contributed by atoms with Crippen LogP contribution in [0.5, 0.6) is 0 Å². The molecule has 148 valence electrons. The van der Waals surface area contributed by atoms with Crippen LogP contribution in [0.1, 0.15) is 13.2 Å². The summed E-state index contributed by atoms with van der Waals surface area (Å²) in [6.45, 7) is 2.88. The molecule has 27 heavy (non-hydrogen) atoms. The van der Waals surface area contributed by atoms with Gasteiger partial charge < -0.3 is 0 Å². The second-order valence-electron chi connectivity index (χ2n) is 6.43. The molecule has 0 radical (unpaired) electrons. The average molecular weight is 400 g/mol. The number of aliphatic hydroxyl groups is 1. The van der Waals surface area contributed by atoms with Gasteiger partial charge >= 0.3 is 154 Å². The summed E-state index contributed by atoms with van der Waals surface area (Å²) in [5, 5.41) is 11.5. The van der Waals surface area contributed by atoms with Gasteiger partial charge in [0.15, 0.2) is 0 Å². The molecule has 4 heterocycles. The van der Waals surface area contributed by atoms with E-state index < -0.39 is 38.5 Å². The van der Waals surface area contributed by atoms with Crippen molar-refractivity contribution < 1.29 is 32.9 Å². The van der Waals surface area contributed by atoms with Crippen LogP contribution in [0.2, 0.25) is 0 Å². The molecule has 3 N–H and O–H groups in total. The molecular weight excluding hydrogens is 379 g/mol. The molecule has 0 aromatic carbocycles. The van der Waals surface area contributed by atoms with Crippen molar-refractivity contribution in [1.82, 2.24) is 14.5 Å². The maximum absolute atomic E-state index is 10.9. The van der Waals surface area contributed by atoms with Crippen molar-refractivity contribution in [3.8, 4) is 0 Å². The third kappa shape index (κ3) is 3.38. The molecule has 1 unspecified atom stereocenters. The van der Waals surface area contributed by atoms with Gasteiger partial charge in [0.1, 0.15) is 0 Å². The maximum atomic E-state index is 10.9. The molecule has 2 fully saturated rings. The summed E-state index contributed by atoms with van der Waals surface area (Å²) >= 11 is 0. The fraction of sp³-hybridized carbons (Fsp3) is 0.533. The van der Waals surface area contributed by atoms with Gasteiger partial charge in [-0.25, -0.2) is 0 Å². The van der Waals surface area contributed by atoms with Crippen LogP contribution in [0.3, 0.4) is 0 Å². The standard InChI is InChI=1S/C15H21N4O7P/c1-8(20)22-7-24-27(2)23-5-10-12(26-27)11(21)15(25-10)19-4-3-9-13(16)17-6-18-14(9)19/h3-4,6,10-12,15,21,27H,5,7H2,1-2H3,(H2,16,17,18)/t10-,11?,12-,15-/m1/s1. The number of aliphatic hydroxyl groups excluding tert-OH is 1. The third-order valence-corrected chi connectivity index (χ3v) is 6.60. The molecule has 11 nitrogen and oxygen atoms in total. The molecule has 0 bridgehead atoms. The van der Waals surface area contributed by atoms with Crippen LogP contribution in [0.4, 0.5) is 5.82 Å². The Kier molecular flexibility index (Phi) is 4.75. The average Bonchev–Trinajstić information content (AvgIpc) is 3.17. The molecule has 2 aromatic heterocycles. The summed E-state index contributed by atoms with van der Waals surface area (Å²) in [7, 11) is -3.08. The minimum atomic E-state index is -3.08. The zero-order valence-electron chi connectivity index (χ0n) is 14.8. The van der Waals surface area contributed by atoms with E-state index in [1.54, 1.807) is 23.5 Å². The topological polar surface area (TPSA) is 140 Å². The first kappa shape index (κ1) is 18.5. The van der Waals surface area contributed by atoms with Crippen molar-refractivity contribution in [2.24, 2.45) is 0 Å². The van der Waals surface area contributed by atoms with Crippen molar-refractivity contribution >= 4 is 30.8 Å². The number of ether oxygens (including phenoxy) is 2. The van der Waals surface area contributed by atoms with Gasteiger partial charge in [0.05, 0.1) is 0 Å². The van der Waals surface area contributed by atoms with Crippen molar-refractivity contribution in [2.45, 2.75) is 31.5 Å². The van der Waals surface area contributed by atoms with Crippen molar-refractivity contribution in [3.63, 3.8) is 0 Å². The first-order valence-corrected chi connectivity index (χ1v) is 10.6. The molecule has 4 rings (SSSR count). The quantitative estimate of drug-likeness (QED) is 0.420. The number of hydrogen-bond acceptors (Lipinski definition) is 10. The van der Waals surface area contributed by atoms with Crippen LogP contribution in [0, 0.1) is 0 Å². The summed E-state index contributed by atoms with van der Waals surface area (Å²) in [5.41, 5.74) is 6.42. The third-order valence-electron chi connectivity index (χ3n) is 4.57. The fourth-order valence-corrected chi connectivity index (χ4v) is 4.98. The van der Waals surface area contributed by atoms with E-state index in [9.17, 15) is 9.90 Å². The number of carbonyl (C=O) groups is 1. The van der Waals surface area contributed by atoms with E-state index in [2.05, 4.69) is 9.97 Å². The summed E-state index contributed by atoms with van der Waals surface area (Å²) in [5.74, 6) is -0.117. The van der Waals surface area contributed by atoms with Gasteiger partial charge in [-0.05, 0) is 0 Å². The number of nitrogens with zero attached hydrogens (tertiary/aromatic N) is 3. The predicted octanol–water partition coefficient (Wildman–Crippen LogP) is 0.349. The Hall–Kier alpha value is -1.88. The van der Waals surface area contributed by atoms with Gasteiger partial charge in [0.25, 0.3) is 0 Å². The molecule has 2 aliphatic heterocycles. The molecule has 0 saturated carbocycles. The van der Waals surface area contributed by atoms with Gasteiger partial charge in [-0.15, -0.1) is 0 Å². The normalized spacial score (nSPS) is 30.8. The number of fused-ring (bicyclic) bond motifs is 2. The number of hydrogen-bond donors (Lipinski definition) is 2. The summed E-state index contributed by atoms with van der Waals surface area (Å²) in [6, 6.07) is 1.77. The molecule has 0 aliphatic carbocycles. The number of carbonyl (C=O) groups excluding carboxylic acids is 1. The molecular formula is C15H21N4O7P. The van der Waals surface area contributed by atoms with E-state index in [0.717, 1.165) is 0 Å².